The van der Waals surface area contributed by atoms with Crippen molar-refractivity contribution in [2.24, 2.45) is 0 Å². The Hall–Kier alpha value is 2.43. The van der Waals surface area contributed by atoms with Gasteiger partial charge in [-0.15, -0.1) is 0 Å². The van der Waals surface area contributed by atoms with Crippen LogP contribution < -0.4 is 0 Å². The maximum absolute atomic E-state index is 0. The van der Waals surface area contributed by atoms with Crippen molar-refractivity contribution in [1.82, 2.24) is 0 Å². The summed E-state index contributed by atoms with van der Waals surface area (Å²) in [5.74, 6) is 0. The molecule has 0 rings (SSSR count). The SMILES string of the molecule is [LiH].[Mn].[Ni].[SbH3]. The van der Waals surface area contributed by atoms with E-state index >= 15 is 0 Å². The molecule has 1 radical (unpaired) electrons. The van der Waals surface area contributed by atoms with E-state index in [1.54, 1.807) is 0 Å². The Labute approximate surface area is 75.9 Å². The molecule has 4 heteroatoms. The monoisotopic (exact) mass is 245 g/mol. The summed E-state index contributed by atoms with van der Waals surface area (Å²) in [6.45, 7) is 0. The molecule has 0 aliphatic rings. The van der Waals surface area contributed by atoms with Gasteiger partial charge in [0, 0.05) is 33.6 Å². The Morgan fingerprint density at radius 1 is 1.00 bits per heavy atom. The molecule has 0 aromatic carbocycles. The molecule has 0 bridgehead atoms. The Bertz CT molecular complexity index is 8.00. The molecule has 0 aromatic heterocycles. The maximum atomic E-state index is 0. The van der Waals surface area contributed by atoms with Gasteiger partial charge in [0.15, 0.2) is 0 Å². The molecular weight excluding hydrogens is 242 g/mol. The second-order valence-corrected chi connectivity index (χ2v) is 0. The van der Waals surface area contributed by atoms with Crippen molar-refractivity contribution in [3.05, 3.63) is 0 Å². The Morgan fingerprint density at radius 3 is 1.00 bits per heavy atom. The summed E-state index contributed by atoms with van der Waals surface area (Å²) < 4.78 is 0. The van der Waals surface area contributed by atoms with Gasteiger partial charge in [-0.05, 0) is 0 Å². The molecule has 0 aliphatic heterocycles. The first-order valence-corrected chi connectivity index (χ1v) is 0. The quantitative estimate of drug-likeness (QED) is 0.441. The third-order valence-corrected chi connectivity index (χ3v) is 0. The molecule has 0 unspecified atom stereocenters. The molecule has 0 spiro atoms. The predicted octanol–water partition coefficient (Wildman–Crippen LogP) is -1.84. The van der Waals surface area contributed by atoms with Crippen LogP contribution in [0.3, 0.4) is 0 Å². The molecule has 0 saturated carbocycles. The molecule has 0 aliphatic carbocycles. The van der Waals surface area contributed by atoms with Crippen LogP contribution >= 0.6 is 0 Å². The van der Waals surface area contributed by atoms with Gasteiger partial charge in [0.25, 0.3) is 0 Å². The van der Waals surface area contributed by atoms with Crippen molar-refractivity contribution < 1.29 is 33.6 Å². The van der Waals surface area contributed by atoms with Crippen molar-refractivity contribution in [3.63, 3.8) is 0 Å². The fraction of sp³-hybridized carbons (Fsp3) is 0. The van der Waals surface area contributed by atoms with E-state index in [1.165, 1.54) is 0 Å². The molecule has 0 amide bonds. The molecule has 0 nitrogen and oxygen atoms in total. The van der Waals surface area contributed by atoms with Crippen LogP contribution in [0.25, 0.3) is 0 Å². The first-order chi connectivity index (χ1) is 0. The van der Waals surface area contributed by atoms with Crippen molar-refractivity contribution >= 4 is 43.3 Å². The molecular formula is H4LiMnNiSb. The zero-order valence-electron chi connectivity index (χ0n) is 1.40. The van der Waals surface area contributed by atoms with E-state index in [4.69, 9.17) is 0 Å². The standard InChI is InChI=1S/Li.Mn.Ni.Sb.4H. The van der Waals surface area contributed by atoms with Gasteiger partial charge in [0.2, 0.25) is 0 Å². The van der Waals surface area contributed by atoms with E-state index in [0.29, 0.717) is 0 Å². The molecule has 0 atom stereocenters. The summed E-state index contributed by atoms with van der Waals surface area (Å²) in [5.41, 5.74) is 0. The minimum absolute atomic E-state index is 0. The predicted molar refractivity (Wildman–Crippen MR) is 17.1 cm³/mol. The van der Waals surface area contributed by atoms with E-state index < -0.39 is 0 Å². The minimum atomic E-state index is 0. The van der Waals surface area contributed by atoms with Gasteiger partial charge < -0.3 is 0 Å². The summed E-state index contributed by atoms with van der Waals surface area (Å²) in [5, 5.41) is 0. The number of hydrogen-bond acceptors (Lipinski definition) is 0. The van der Waals surface area contributed by atoms with E-state index in [2.05, 4.69) is 0 Å². The van der Waals surface area contributed by atoms with E-state index in [9.17, 15) is 0 Å². The molecule has 0 N–H and O–H groups in total. The van der Waals surface area contributed by atoms with Gasteiger partial charge in [0.05, 0.1) is 0 Å². The molecule has 0 heterocycles. The van der Waals surface area contributed by atoms with Gasteiger partial charge >= 0.3 is 43.3 Å². The van der Waals surface area contributed by atoms with Gasteiger partial charge in [-0.25, -0.2) is 0 Å². The molecule has 27 valence electrons. The average molecular weight is 246 g/mol. The number of hydrogen-bond donors (Lipinski definition) is 0. The Kier molecular flexibility index (Phi) is 145. The molecule has 0 fully saturated rings. The van der Waals surface area contributed by atoms with E-state index in [1.807, 2.05) is 0 Å². The van der Waals surface area contributed by atoms with Gasteiger partial charge in [-0.1, -0.05) is 0 Å². The summed E-state index contributed by atoms with van der Waals surface area (Å²) in [4.78, 5) is 0. The summed E-state index contributed by atoms with van der Waals surface area (Å²) in [7, 11) is 0. The number of rotatable bonds is 0. The van der Waals surface area contributed by atoms with Crippen LogP contribution in [0.1, 0.15) is 0 Å². The van der Waals surface area contributed by atoms with Crippen LogP contribution in [-0.2, 0) is 33.6 Å². The molecule has 0 saturated heterocycles. The topological polar surface area (TPSA) is 0 Å². The first kappa shape index (κ1) is 32.1. The van der Waals surface area contributed by atoms with Crippen LogP contribution in [0, 0.1) is 0 Å². The zero-order chi connectivity index (χ0) is 0. The van der Waals surface area contributed by atoms with Crippen LogP contribution in [0.4, 0.5) is 0 Å². The Morgan fingerprint density at radius 2 is 1.00 bits per heavy atom. The second-order valence-electron chi connectivity index (χ2n) is 0. The zero-order valence-corrected chi connectivity index (χ0v) is 7.61. The third kappa shape index (κ3) is 8.83. The van der Waals surface area contributed by atoms with E-state index in [0.717, 1.165) is 0 Å². The van der Waals surface area contributed by atoms with E-state index in [-0.39, 0.29) is 76.8 Å². The first-order valence-electron chi connectivity index (χ1n) is 0. The van der Waals surface area contributed by atoms with Gasteiger partial charge in [-0.2, -0.15) is 0 Å². The molecule has 0 aromatic rings. The summed E-state index contributed by atoms with van der Waals surface area (Å²) >= 11 is 0. The van der Waals surface area contributed by atoms with Crippen LogP contribution in [0.5, 0.6) is 0 Å². The summed E-state index contributed by atoms with van der Waals surface area (Å²) in [6, 6.07) is 0. The van der Waals surface area contributed by atoms with Crippen LogP contribution in [-0.4, -0.2) is 43.3 Å². The second kappa shape index (κ2) is 18.1. The van der Waals surface area contributed by atoms with Crippen LogP contribution in [0.15, 0.2) is 0 Å². The normalized spacial score (nSPS) is 0. The molecule has 4 heavy (non-hydrogen) atoms. The third-order valence-electron chi connectivity index (χ3n) is 0. The average Bonchev–Trinajstić information content (AvgIpc) is 0. The Balaban J connectivity index is 0. The van der Waals surface area contributed by atoms with Crippen molar-refractivity contribution in [1.29, 1.82) is 0 Å². The summed E-state index contributed by atoms with van der Waals surface area (Å²) in [6.07, 6.45) is 0. The fourth-order valence-electron chi connectivity index (χ4n) is 0. The van der Waals surface area contributed by atoms with Crippen molar-refractivity contribution in [2.75, 3.05) is 0 Å². The fourth-order valence-corrected chi connectivity index (χ4v) is 0. The van der Waals surface area contributed by atoms with Crippen LogP contribution in [0.2, 0.25) is 0 Å². The van der Waals surface area contributed by atoms with Gasteiger partial charge in [0.1, 0.15) is 0 Å². The van der Waals surface area contributed by atoms with Crippen molar-refractivity contribution in [3.8, 4) is 0 Å². The van der Waals surface area contributed by atoms with Gasteiger partial charge in [-0.3, -0.25) is 0 Å². The van der Waals surface area contributed by atoms with Crippen molar-refractivity contribution in [2.45, 2.75) is 0 Å².